The van der Waals surface area contributed by atoms with Crippen LogP contribution in [0.2, 0.25) is 0 Å². The molecule has 1 aromatic heterocycles. The Bertz CT molecular complexity index is 614. The first-order chi connectivity index (χ1) is 10.3. The first kappa shape index (κ1) is 16.2. The number of esters is 1. The van der Waals surface area contributed by atoms with Crippen molar-refractivity contribution in [2.45, 2.75) is 45.4 Å². The van der Waals surface area contributed by atoms with Gasteiger partial charge >= 0.3 is 5.97 Å². The van der Waals surface area contributed by atoms with Crippen molar-refractivity contribution in [3.8, 4) is 0 Å². The molecule has 2 rings (SSSR count). The van der Waals surface area contributed by atoms with Crippen LogP contribution < -0.4 is 5.73 Å². The second-order valence-electron chi connectivity index (χ2n) is 6.37. The van der Waals surface area contributed by atoms with Crippen LogP contribution in [-0.2, 0) is 22.5 Å². The van der Waals surface area contributed by atoms with Gasteiger partial charge in [0, 0.05) is 19.2 Å². The molecule has 0 aliphatic heterocycles. The maximum absolute atomic E-state index is 11.9. The zero-order valence-electron chi connectivity index (χ0n) is 13.3. The van der Waals surface area contributed by atoms with Gasteiger partial charge < -0.3 is 15.0 Å². The third-order valence-electron chi connectivity index (χ3n) is 3.03. The minimum absolute atomic E-state index is 0.372. The summed E-state index contributed by atoms with van der Waals surface area (Å²) < 4.78 is 7.25. The summed E-state index contributed by atoms with van der Waals surface area (Å²) in [5, 5.41) is 0. The molecule has 1 aromatic carbocycles. The average molecular weight is 301 g/mol. The molecule has 1 atom stereocenters. The number of carbonyl (C=O) groups is 1. The molecule has 0 aliphatic rings. The van der Waals surface area contributed by atoms with Crippen LogP contribution in [0.3, 0.4) is 0 Å². The molecule has 5 nitrogen and oxygen atoms in total. The molecule has 0 amide bonds. The number of hydrogen-bond donors (Lipinski definition) is 1. The Kier molecular flexibility index (Phi) is 4.98. The van der Waals surface area contributed by atoms with Gasteiger partial charge in [-0.3, -0.25) is 4.79 Å². The third kappa shape index (κ3) is 5.00. The fourth-order valence-corrected chi connectivity index (χ4v) is 2.08. The number of carbonyl (C=O) groups excluding carboxylic acids is 1. The zero-order chi connectivity index (χ0) is 16.2. The molecule has 0 saturated carbocycles. The normalized spacial score (nSPS) is 12.9. The van der Waals surface area contributed by atoms with Crippen LogP contribution in [-0.4, -0.2) is 27.2 Å². The van der Waals surface area contributed by atoms with Crippen molar-refractivity contribution < 1.29 is 9.53 Å². The van der Waals surface area contributed by atoms with E-state index in [1.165, 1.54) is 5.56 Å². The molecule has 2 aromatic rings. The number of benzene rings is 1. The molecule has 0 saturated heterocycles. The molecular formula is C17H23N3O2. The second-order valence-corrected chi connectivity index (χ2v) is 6.37. The van der Waals surface area contributed by atoms with E-state index in [0.717, 1.165) is 12.2 Å². The predicted molar refractivity (Wildman–Crippen MR) is 85.3 cm³/mol. The first-order valence-corrected chi connectivity index (χ1v) is 7.36. The molecule has 0 unspecified atom stereocenters. The number of hydrogen-bond acceptors (Lipinski definition) is 4. The molecule has 118 valence electrons. The molecule has 22 heavy (non-hydrogen) atoms. The Balaban J connectivity index is 1.93. The highest BCUT2D eigenvalue weighted by molar-refractivity contribution is 5.76. The summed E-state index contributed by atoms with van der Waals surface area (Å²) in [7, 11) is 0. The monoisotopic (exact) mass is 301 g/mol. The Labute approximate surface area is 131 Å². The molecule has 0 bridgehead atoms. The summed E-state index contributed by atoms with van der Waals surface area (Å²) in [4.78, 5) is 16.2. The Morgan fingerprint density at radius 3 is 2.64 bits per heavy atom. The first-order valence-electron chi connectivity index (χ1n) is 7.36. The minimum atomic E-state index is -0.695. The van der Waals surface area contributed by atoms with Crippen molar-refractivity contribution in [3.63, 3.8) is 0 Å². The third-order valence-corrected chi connectivity index (χ3v) is 3.03. The molecule has 0 fully saturated rings. The van der Waals surface area contributed by atoms with Crippen LogP contribution in [0.5, 0.6) is 0 Å². The van der Waals surface area contributed by atoms with Gasteiger partial charge in [0.1, 0.15) is 11.6 Å². The van der Waals surface area contributed by atoms with Gasteiger partial charge in [-0.25, -0.2) is 4.98 Å². The summed E-state index contributed by atoms with van der Waals surface area (Å²) >= 11 is 0. The standard InChI is InChI=1S/C17H23N3O2/c1-17(2,3)22-16(21)15(18)9-14-11-20(12-19-14)10-13-7-5-4-6-8-13/h4-8,11-12,15H,9-10,18H2,1-3H3/t15-/m0/s1. The number of nitrogens with two attached hydrogens (primary N) is 1. The van der Waals surface area contributed by atoms with Crippen LogP contribution in [0.4, 0.5) is 0 Å². The largest absolute Gasteiger partial charge is 0.459 e. The number of aromatic nitrogens is 2. The van der Waals surface area contributed by atoms with Crippen molar-refractivity contribution >= 4 is 5.97 Å². The van der Waals surface area contributed by atoms with Gasteiger partial charge in [0.15, 0.2) is 0 Å². The molecule has 2 N–H and O–H groups in total. The van der Waals surface area contributed by atoms with E-state index in [2.05, 4.69) is 17.1 Å². The van der Waals surface area contributed by atoms with Gasteiger partial charge in [0.2, 0.25) is 0 Å². The maximum atomic E-state index is 11.9. The van der Waals surface area contributed by atoms with Crippen LogP contribution >= 0.6 is 0 Å². The van der Waals surface area contributed by atoms with E-state index in [1.54, 1.807) is 6.33 Å². The molecule has 0 spiro atoms. The molecule has 0 radical (unpaired) electrons. The van der Waals surface area contributed by atoms with Crippen LogP contribution in [0.15, 0.2) is 42.9 Å². The molecular weight excluding hydrogens is 278 g/mol. The van der Waals surface area contributed by atoms with E-state index in [9.17, 15) is 4.79 Å². The van der Waals surface area contributed by atoms with Crippen molar-refractivity contribution in [1.29, 1.82) is 0 Å². The van der Waals surface area contributed by atoms with Crippen LogP contribution in [0.25, 0.3) is 0 Å². The average Bonchev–Trinajstić information content (AvgIpc) is 2.85. The lowest BCUT2D eigenvalue weighted by atomic mass is 10.1. The smallest absolute Gasteiger partial charge is 0.323 e. The summed E-state index contributed by atoms with van der Waals surface area (Å²) in [5.74, 6) is -0.398. The van der Waals surface area contributed by atoms with Crippen LogP contribution in [0, 0.1) is 0 Å². The summed E-state index contributed by atoms with van der Waals surface area (Å²) in [6, 6.07) is 9.43. The van der Waals surface area contributed by atoms with Crippen molar-refractivity contribution in [2.75, 3.05) is 0 Å². The van der Waals surface area contributed by atoms with Gasteiger partial charge in [-0.2, -0.15) is 0 Å². The van der Waals surface area contributed by atoms with E-state index < -0.39 is 17.6 Å². The van der Waals surface area contributed by atoms with Gasteiger partial charge in [0.05, 0.1) is 12.0 Å². The quantitative estimate of drug-likeness (QED) is 0.859. The summed E-state index contributed by atoms with van der Waals surface area (Å²) in [6.45, 7) is 6.22. The Morgan fingerprint density at radius 2 is 2.00 bits per heavy atom. The van der Waals surface area contributed by atoms with E-state index in [-0.39, 0.29) is 0 Å². The fraction of sp³-hybridized carbons (Fsp3) is 0.412. The molecule has 5 heteroatoms. The topological polar surface area (TPSA) is 70.1 Å². The Morgan fingerprint density at radius 1 is 1.32 bits per heavy atom. The summed E-state index contributed by atoms with van der Waals surface area (Å²) in [6.07, 6.45) is 4.04. The van der Waals surface area contributed by atoms with Gasteiger partial charge in [0.25, 0.3) is 0 Å². The maximum Gasteiger partial charge on any atom is 0.323 e. The van der Waals surface area contributed by atoms with E-state index in [0.29, 0.717) is 6.42 Å². The van der Waals surface area contributed by atoms with Crippen LogP contribution in [0.1, 0.15) is 32.0 Å². The van der Waals surface area contributed by atoms with Gasteiger partial charge in [-0.15, -0.1) is 0 Å². The highest BCUT2D eigenvalue weighted by Gasteiger charge is 2.22. The minimum Gasteiger partial charge on any atom is -0.459 e. The SMILES string of the molecule is CC(C)(C)OC(=O)[C@@H](N)Cc1cn(Cc2ccccc2)cn1. The van der Waals surface area contributed by atoms with Crippen molar-refractivity contribution in [2.24, 2.45) is 5.73 Å². The van der Waals surface area contributed by atoms with Gasteiger partial charge in [-0.05, 0) is 26.3 Å². The Hall–Kier alpha value is -2.14. The lowest BCUT2D eigenvalue weighted by molar-refractivity contribution is -0.156. The lowest BCUT2D eigenvalue weighted by Crippen LogP contribution is -2.38. The number of ether oxygens (including phenoxy) is 1. The number of rotatable bonds is 5. The van der Waals surface area contributed by atoms with Crippen molar-refractivity contribution in [1.82, 2.24) is 9.55 Å². The highest BCUT2D eigenvalue weighted by atomic mass is 16.6. The fourth-order valence-electron chi connectivity index (χ4n) is 2.08. The van der Waals surface area contributed by atoms with Gasteiger partial charge in [-0.1, -0.05) is 30.3 Å². The van der Waals surface area contributed by atoms with E-state index in [4.69, 9.17) is 10.5 Å². The second kappa shape index (κ2) is 6.75. The number of imidazole rings is 1. The molecule has 1 heterocycles. The highest BCUT2D eigenvalue weighted by Crippen LogP contribution is 2.10. The lowest BCUT2D eigenvalue weighted by Gasteiger charge is -2.21. The van der Waals surface area contributed by atoms with Crippen molar-refractivity contribution in [3.05, 3.63) is 54.1 Å². The predicted octanol–water partition coefficient (Wildman–Crippen LogP) is 2.14. The molecule has 0 aliphatic carbocycles. The number of nitrogens with zero attached hydrogens (tertiary/aromatic N) is 2. The summed E-state index contributed by atoms with van der Waals surface area (Å²) in [5.41, 5.74) is 7.35. The van der Waals surface area contributed by atoms with E-state index >= 15 is 0 Å². The van der Waals surface area contributed by atoms with E-state index in [1.807, 2.05) is 49.7 Å². The zero-order valence-corrected chi connectivity index (χ0v) is 13.3.